The van der Waals surface area contributed by atoms with Gasteiger partial charge in [-0.3, -0.25) is 4.79 Å². The molecule has 1 saturated carbocycles. The van der Waals surface area contributed by atoms with Gasteiger partial charge in [0.2, 0.25) is 5.91 Å². The molecule has 5 nitrogen and oxygen atoms in total. The Hall–Kier alpha value is -2.27. The summed E-state index contributed by atoms with van der Waals surface area (Å²) in [6.45, 7) is 0. The largest absolute Gasteiger partial charge is 0.457 e. The molecule has 108 valence electrons. The fourth-order valence-corrected chi connectivity index (χ4v) is 1.99. The number of carbonyl (C=O) groups excluding carboxylic acids is 1. The number of pyridine rings is 1. The van der Waals surface area contributed by atoms with E-state index in [1.54, 1.807) is 36.5 Å². The van der Waals surface area contributed by atoms with E-state index in [9.17, 15) is 4.79 Å². The number of rotatable bonds is 4. The van der Waals surface area contributed by atoms with E-state index in [1.165, 1.54) is 0 Å². The van der Waals surface area contributed by atoms with Gasteiger partial charge in [0.05, 0.1) is 10.7 Å². The standard InChI is InChI=1S/C15H14ClN3O2/c16-12-7-10(3-4-13(12)17)21-11-5-6-18-14(8-11)19-15(20)9-1-2-9/h3-9H,1-2,17H2,(H,18,19,20). The monoisotopic (exact) mass is 303 g/mol. The maximum absolute atomic E-state index is 11.7. The summed E-state index contributed by atoms with van der Waals surface area (Å²) in [5, 5.41) is 3.21. The number of nitrogens with two attached hydrogens (primary N) is 1. The first-order chi connectivity index (χ1) is 10.1. The van der Waals surface area contributed by atoms with Gasteiger partial charge < -0.3 is 15.8 Å². The Balaban J connectivity index is 1.72. The highest BCUT2D eigenvalue weighted by atomic mass is 35.5. The lowest BCUT2D eigenvalue weighted by atomic mass is 10.3. The average Bonchev–Trinajstić information content (AvgIpc) is 3.28. The van der Waals surface area contributed by atoms with Crippen LogP contribution in [0.5, 0.6) is 11.5 Å². The highest BCUT2D eigenvalue weighted by Gasteiger charge is 2.29. The van der Waals surface area contributed by atoms with Gasteiger partial charge in [-0.1, -0.05) is 11.6 Å². The molecule has 0 bridgehead atoms. The van der Waals surface area contributed by atoms with E-state index in [-0.39, 0.29) is 11.8 Å². The predicted octanol–water partition coefficient (Wildman–Crippen LogP) is 3.46. The molecule has 0 radical (unpaired) electrons. The fraction of sp³-hybridized carbons (Fsp3) is 0.200. The van der Waals surface area contributed by atoms with Crippen LogP contribution in [0.1, 0.15) is 12.8 Å². The molecular weight excluding hydrogens is 290 g/mol. The van der Waals surface area contributed by atoms with Gasteiger partial charge in [0.1, 0.15) is 17.3 Å². The van der Waals surface area contributed by atoms with Crippen LogP contribution in [0.3, 0.4) is 0 Å². The molecule has 1 aromatic carbocycles. The van der Waals surface area contributed by atoms with Gasteiger partial charge >= 0.3 is 0 Å². The number of nitrogens with one attached hydrogen (secondary N) is 1. The van der Waals surface area contributed by atoms with Crippen LogP contribution >= 0.6 is 11.6 Å². The van der Waals surface area contributed by atoms with E-state index >= 15 is 0 Å². The lowest BCUT2D eigenvalue weighted by Gasteiger charge is -2.09. The van der Waals surface area contributed by atoms with Crippen LogP contribution in [0.15, 0.2) is 36.5 Å². The van der Waals surface area contributed by atoms with Crippen molar-refractivity contribution in [2.45, 2.75) is 12.8 Å². The molecule has 1 aliphatic rings. The molecule has 1 aliphatic carbocycles. The molecule has 0 aliphatic heterocycles. The molecule has 1 fully saturated rings. The molecule has 3 rings (SSSR count). The Morgan fingerprint density at radius 1 is 1.29 bits per heavy atom. The van der Waals surface area contributed by atoms with Crippen LogP contribution in [0.25, 0.3) is 0 Å². The summed E-state index contributed by atoms with van der Waals surface area (Å²) in [4.78, 5) is 15.8. The van der Waals surface area contributed by atoms with Gasteiger partial charge in [-0.05, 0) is 31.0 Å². The smallest absolute Gasteiger partial charge is 0.228 e. The molecule has 6 heteroatoms. The van der Waals surface area contributed by atoms with Crippen molar-refractivity contribution in [1.82, 2.24) is 4.98 Å². The number of benzene rings is 1. The van der Waals surface area contributed by atoms with E-state index in [0.29, 0.717) is 28.0 Å². The first-order valence-corrected chi connectivity index (χ1v) is 6.99. The van der Waals surface area contributed by atoms with Gasteiger partial charge in [-0.15, -0.1) is 0 Å². The zero-order valence-corrected chi connectivity index (χ0v) is 11.9. The normalized spacial score (nSPS) is 13.8. The number of hydrogen-bond acceptors (Lipinski definition) is 4. The van der Waals surface area contributed by atoms with E-state index in [4.69, 9.17) is 22.1 Å². The fourth-order valence-electron chi connectivity index (χ4n) is 1.82. The number of carbonyl (C=O) groups is 1. The molecular formula is C15H14ClN3O2. The second-order valence-electron chi connectivity index (χ2n) is 4.93. The number of anilines is 2. The molecule has 1 amide bonds. The Kier molecular flexibility index (Phi) is 3.66. The van der Waals surface area contributed by atoms with Crippen molar-refractivity contribution < 1.29 is 9.53 Å². The molecule has 21 heavy (non-hydrogen) atoms. The SMILES string of the molecule is Nc1ccc(Oc2ccnc(NC(=O)C3CC3)c2)cc1Cl. The van der Waals surface area contributed by atoms with Gasteiger partial charge in [0, 0.05) is 24.2 Å². The Morgan fingerprint density at radius 2 is 2.05 bits per heavy atom. The average molecular weight is 304 g/mol. The molecule has 1 heterocycles. The van der Waals surface area contributed by atoms with Crippen LogP contribution < -0.4 is 15.8 Å². The van der Waals surface area contributed by atoms with Crippen molar-refractivity contribution in [2.75, 3.05) is 11.1 Å². The van der Waals surface area contributed by atoms with Gasteiger partial charge in [0.15, 0.2) is 0 Å². The number of nitrogens with zero attached hydrogens (tertiary/aromatic N) is 1. The van der Waals surface area contributed by atoms with E-state index < -0.39 is 0 Å². The van der Waals surface area contributed by atoms with E-state index in [0.717, 1.165) is 12.8 Å². The van der Waals surface area contributed by atoms with Crippen LogP contribution in [0, 0.1) is 5.92 Å². The summed E-state index contributed by atoms with van der Waals surface area (Å²) >= 11 is 5.95. The third-order valence-electron chi connectivity index (χ3n) is 3.14. The summed E-state index contributed by atoms with van der Waals surface area (Å²) in [6.07, 6.45) is 3.48. The van der Waals surface area contributed by atoms with Crippen molar-refractivity contribution in [3.8, 4) is 11.5 Å². The molecule has 0 unspecified atom stereocenters. The number of hydrogen-bond donors (Lipinski definition) is 2. The number of nitrogen functional groups attached to an aromatic ring is 1. The molecule has 1 aromatic heterocycles. The molecule has 0 spiro atoms. The third kappa shape index (κ3) is 3.44. The summed E-state index contributed by atoms with van der Waals surface area (Å²) < 4.78 is 5.68. The lowest BCUT2D eigenvalue weighted by molar-refractivity contribution is -0.117. The first-order valence-electron chi connectivity index (χ1n) is 6.61. The van der Waals surface area contributed by atoms with Crippen molar-refractivity contribution >= 4 is 29.0 Å². The molecule has 0 saturated heterocycles. The van der Waals surface area contributed by atoms with Gasteiger partial charge in [-0.25, -0.2) is 4.98 Å². The summed E-state index contributed by atoms with van der Waals surface area (Å²) in [5.41, 5.74) is 6.15. The first kappa shape index (κ1) is 13.7. The maximum atomic E-state index is 11.7. The van der Waals surface area contributed by atoms with Crippen molar-refractivity contribution in [3.63, 3.8) is 0 Å². The second-order valence-corrected chi connectivity index (χ2v) is 5.33. The van der Waals surface area contributed by atoms with Crippen molar-refractivity contribution in [3.05, 3.63) is 41.6 Å². The van der Waals surface area contributed by atoms with Gasteiger partial charge in [-0.2, -0.15) is 0 Å². The molecule has 0 atom stereocenters. The van der Waals surface area contributed by atoms with E-state index in [2.05, 4.69) is 10.3 Å². The summed E-state index contributed by atoms with van der Waals surface area (Å²) in [5.74, 6) is 1.75. The zero-order chi connectivity index (χ0) is 14.8. The number of ether oxygens (including phenoxy) is 1. The Bertz CT molecular complexity index is 686. The highest BCUT2D eigenvalue weighted by Crippen LogP contribution is 2.31. The summed E-state index contributed by atoms with van der Waals surface area (Å²) in [6, 6.07) is 8.42. The van der Waals surface area contributed by atoms with Gasteiger partial charge in [0.25, 0.3) is 0 Å². The van der Waals surface area contributed by atoms with Crippen LogP contribution in [-0.4, -0.2) is 10.9 Å². The number of amides is 1. The number of aromatic nitrogens is 1. The van der Waals surface area contributed by atoms with Crippen LogP contribution in [0.2, 0.25) is 5.02 Å². The highest BCUT2D eigenvalue weighted by molar-refractivity contribution is 6.33. The van der Waals surface area contributed by atoms with Crippen LogP contribution in [-0.2, 0) is 4.79 Å². The van der Waals surface area contributed by atoms with Crippen LogP contribution in [0.4, 0.5) is 11.5 Å². The lowest BCUT2D eigenvalue weighted by Crippen LogP contribution is -2.14. The second kappa shape index (κ2) is 5.61. The topological polar surface area (TPSA) is 77.2 Å². The Morgan fingerprint density at radius 3 is 2.76 bits per heavy atom. The molecule has 2 aromatic rings. The Labute approximate surface area is 127 Å². The quantitative estimate of drug-likeness (QED) is 0.848. The minimum atomic E-state index is 0.00943. The van der Waals surface area contributed by atoms with Crippen molar-refractivity contribution in [1.29, 1.82) is 0 Å². The maximum Gasteiger partial charge on any atom is 0.228 e. The third-order valence-corrected chi connectivity index (χ3v) is 3.47. The number of halogens is 1. The summed E-state index contributed by atoms with van der Waals surface area (Å²) in [7, 11) is 0. The molecule has 3 N–H and O–H groups in total. The minimum absolute atomic E-state index is 0.00943. The zero-order valence-electron chi connectivity index (χ0n) is 11.2. The predicted molar refractivity (Wildman–Crippen MR) is 81.5 cm³/mol. The van der Waals surface area contributed by atoms with Crippen molar-refractivity contribution in [2.24, 2.45) is 5.92 Å². The minimum Gasteiger partial charge on any atom is -0.457 e. The van der Waals surface area contributed by atoms with E-state index in [1.807, 2.05) is 0 Å².